The first-order chi connectivity index (χ1) is 10.2. The molecule has 3 fully saturated rings. The summed E-state index contributed by atoms with van der Waals surface area (Å²) < 4.78 is 0.920. The molecule has 5 heteroatoms. The van der Waals surface area contributed by atoms with Crippen LogP contribution in [0.5, 0.6) is 0 Å². The molecule has 4 rings (SSSR count). The first kappa shape index (κ1) is 14.7. The van der Waals surface area contributed by atoms with Crippen molar-refractivity contribution >= 4 is 26.5 Å². The van der Waals surface area contributed by atoms with Crippen LogP contribution in [0.2, 0.25) is 0 Å². The topological polar surface area (TPSA) is 40.9 Å². The van der Waals surface area contributed by atoms with Gasteiger partial charge in [0, 0.05) is 0 Å². The number of hydrogen-bond donors (Lipinski definition) is 0. The van der Waals surface area contributed by atoms with Crippen LogP contribution in [0.4, 0.5) is 0 Å². The van der Waals surface area contributed by atoms with Crippen molar-refractivity contribution in [1.82, 2.24) is 9.88 Å². The Hall–Kier alpha value is -1.19. The first-order valence-electron chi connectivity index (χ1n) is 7.68. The van der Waals surface area contributed by atoms with E-state index in [1.807, 2.05) is 25.1 Å². The van der Waals surface area contributed by atoms with E-state index in [0.29, 0.717) is 0 Å². The van der Waals surface area contributed by atoms with Gasteiger partial charge in [0.2, 0.25) is 0 Å². The third-order valence-corrected chi connectivity index (χ3v) is 5.23. The van der Waals surface area contributed by atoms with E-state index in [9.17, 15) is 0 Å². The number of pyridine rings is 1. The van der Waals surface area contributed by atoms with E-state index >= 15 is 0 Å². The van der Waals surface area contributed by atoms with Gasteiger partial charge in [0.15, 0.2) is 0 Å². The molecule has 3 aliphatic rings. The third-order valence-electron chi connectivity index (χ3n) is 4.52. The summed E-state index contributed by atoms with van der Waals surface area (Å²) in [6, 6.07) is 5.84. The molecule has 1 radical (unpaired) electrons. The van der Waals surface area contributed by atoms with Crippen molar-refractivity contribution in [3.05, 3.63) is 30.1 Å². The van der Waals surface area contributed by atoms with Gasteiger partial charge in [-0.15, -0.1) is 0 Å². The van der Waals surface area contributed by atoms with Gasteiger partial charge in [-0.1, -0.05) is 0 Å². The summed E-state index contributed by atoms with van der Waals surface area (Å²) >= 11 is 3.10. The molecule has 0 unspecified atom stereocenters. The average molecular weight is 348 g/mol. The van der Waals surface area contributed by atoms with E-state index in [1.54, 1.807) is 6.20 Å². The molecule has 2 saturated heterocycles. The normalized spacial score (nSPS) is 26.8. The van der Waals surface area contributed by atoms with Gasteiger partial charge in [-0.25, -0.2) is 0 Å². The summed E-state index contributed by atoms with van der Waals surface area (Å²) in [5, 5.41) is 8.74. The van der Waals surface area contributed by atoms with E-state index in [2.05, 4.69) is 36.1 Å². The molecule has 0 atom stereocenters. The predicted molar refractivity (Wildman–Crippen MR) is 86.7 cm³/mol. The van der Waals surface area contributed by atoms with Crippen LogP contribution in [0.25, 0.3) is 0 Å². The second kappa shape index (κ2) is 6.71. The molecule has 0 spiro atoms. The van der Waals surface area contributed by atoms with E-state index in [1.165, 1.54) is 25.7 Å². The molecular formula is C16H21N4Se. The molecule has 1 saturated carbocycles. The molecule has 21 heavy (non-hydrogen) atoms. The molecule has 0 amide bonds. The van der Waals surface area contributed by atoms with Crippen LogP contribution in [0.15, 0.2) is 34.6 Å². The quantitative estimate of drug-likeness (QED) is 0.357. The molecular weight excluding hydrogens is 327 g/mol. The van der Waals surface area contributed by atoms with E-state index in [4.69, 9.17) is 0 Å². The van der Waals surface area contributed by atoms with Crippen molar-refractivity contribution in [2.24, 2.45) is 22.0 Å². The van der Waals surface area contributed by atoms with Gasteiger partial charge in [0.25, 0.3) is 0 Å². The Morgan fingerprint density at radius 1 is 1.14 bits per heavy atom. The van der Waals surface area contributed by atoms with Crippen molar-refractivity contribution in [2.75, 3.05) is 13.1 Å². The second-order valence-electron chi connectivity index (χ2n) is 6.07. The van der Waals surface area contributed by atoms with Gasteiger partial charge < -0.3 is 0 Å². The molecule has 1 aromatic rings. The summed E-state index contributed by atoms with van der Waals surface area (Å²) in [6.07, 6.45) is 7.30. The van der Waals surface area contributed by atoms with Crippen LogP contribution in [0, 0.1) is 11.8 Å². The number of amidine groups is 1. The molecule has 3 heterocycles. The van der Waals surface area contributed by atoms with E-state index < -0.39 is 0 Å². The summed E-state index contributed by atoms with van der Waals surface area (Å²) in [4.78, 5) is 6.67. The zero-order chi connectivity index (χ0) is 14.7. The van der Waals surface area contributed by atoms with Gasteiger partial charge in [0.1, 0.15) is 0 Å². The SMILES string of the molecule is C/C(=N\N=C([Se])N1CC2CCC(CC2)C1)c1ccccn1. The zero-order valence-corrected chi connectivity index (χ0v) is 14.1. The molecule has 2 bridgehead atoms. The minimum absolute atomic E-state index is 0.836. The molecule has 4 nitrogen and oxygen atoms in total. The monoisotopic (exact) mass is 349 g/mol. The Bertz CT molecular complexity index is 518. The van der Waals surface area contributed by atoms with Crippen molar-refractivity contribution < 1.29 is 0 Å². The Balaban J connectivity index is 1.71. The molecule has 1 aromatic heterocycles. The summed E-state index contributed by atoms with van der Waals surface area (Å²) in [6.45, 7) is 4.20. The van der Waals surface area contributed by atoms with Crippen molar-refractivity contribution in [1.29, 1.82) is 0 Å². The number of rotatable bonds is 2. The number of hydrogen-bond acceptors (Lipinski definition) is 3. The fraction of sp³-hybridized carbons (Fsp3) is 0.562. The zero-order valence-electron chi connectivity index (χ0n) is 12.4. The standard InChI is InChI=1S/C16H21N4Se/c1-12(15-4-2-3-9-17-15)18-19-16(21)20-10-13-5-6-14(11-20)8-7-13/h2-4,9,13-14H,5-8,10-11H2,1H3/b18-12+,19-16?. The maximum atomic E-state index is 4.40. The van der Waals surface area contributed by atoms with Crippen LogP contribution in [-0.4, -0.2) is 49.4 Å². The Morgan fingerprint density at radius 3 is 2.38 bits per heavy atom. The van der Waals surface area contributed by atoms with Crippen LogP contribution < -0.4 is 0 Å². The van der Waals surface area contributed by atoms with Crippen molar-refractivity contribution in [3.63, 3.8) is 0 Å². The van der Waals surface area contributed by atoms with Crippen molar-refractivity contribution in [2.45, 2.75) is 32.6 Å². The third kappa shape index (κ3) is 3.72. The molecule has 0 N–H and O–H groups in total. The number of aromatic nitrogens is 1. The van der Waals surface area contributed by atoms with Crippen LogP contribution in [0.3, 0.4) is 0 Å². The Kier molecular flexibility index (Phi) is 4.71. The summed E-state index contributed by atoms with van der Waals surface area (Å²) in [5.41, 5.74) is 1.73. The molecule has 0 aromatic carbocycles. The molecule has 111 valence electrons. The van der Waals surface area contributed by atoms with Gasteiger partial charge in [0.05, 0.1) is 0 Å². The molecule has 1 aliphatic carbocycles. The van der Waals surface area contributed by atoms with Gasteiger partial charge >= 0.3 is 134 Å². The first-order valence-corrected chi connectivity index (χ1v) is 8.53. The van der Waals surface area contributed by atoms with Gasteiger partial charge in [-0.2, -0.15) is 0 Å². The van der Waals surface area contributed by atoms with Gasteiger partial charge in [-0.05, 0) is 0 Å². The summed E-state index contributed by atoms with van der Waals surface area (Å²) in [5.74, 6) is 1.67. The van der Waals surface area contributed by atoms with Crippen molar-refractivity contribution in [3.8, 4) is 0 Å². The summed E-state index contributed by atoms with van der Waals surface area (Å²) in [7, 11) is 0. The molecule has 2 aliphatic heterocycles. The fourth-order valence-corrected chi connectivity index (χ4v) is 3.66. The predicted octanol–water partition coefficient (Wildman–Crippen LogP) is 2.45. The minimum atomic E-state index is 0.836. The van der Waals surface area contributed by atoms with Crippen LogP contribution in [0.1, 0.15) is 38.3 Å². The second-order valence-corrected chi connectivity index (χ2v) is 6.84. The maximum absolute atomic E-state index is 4.40. The van der Waals surface area contributed by atoms with E-state index in [0.717, 1.165) is 41.1 Å². The Morgan fingerprint density at radius 2 is 1.81 bits per heavy atom. The van der Waals surface area contributed by atoms with E-state index in [-0.39, 0.29) is 0 Å². The average Bonchev–Trinajstić information content (AvgIpc) is 2.87. The van der Waals surface area contributed by atoms with Gasteiger partial charge in [-0.3, -0.25) is 0 Å². The fourth-order valence-electron chi connectivity index (χ4n) is 3.26. The number of nitrogens with zero attached hydrogens (tertiary/aromatic N) is 4. The number of fused-ring (bicyclic) bond motifs is 4. The Labute approximate surface area is 134 Å². The van der Waals surface area contributed by atoms with Crippen LogP contribution >= 0.6 is 0 Å². The van der Waals surface area contributed by atoms with Crippen LogP contribution in [-0.2, 0) is 0 Å².